The highest BCUT2D eigenvalue weighted by Crippen LogP contribution is 2.23. The first kappa shape index (κ1) is 8.74. The topological polar surface area (TPSA) is 69.1 Å². The summed E-state index contributed by atoms with van der Waals surface area (Å²) in [5.41, 5.74) is 7.22. The number of fused-ring (bicyclic) bond motifs is 1. The Morgan fingerprint density at radius 1 is 1.43 bits per heavy atom. The smallest absolute Gasteiger partial charge is 0.284 e. The van der Waals surface area contributed by atoms with Gasteiger partial charge in [0.25, 0.3) is 5.91 Å². The lowest BCUT2D eigenvalue weighted by molar-refractivity contribution is 0.0975. The Kier molecular flexibility index (Phi) is 1.77. The predicted octanol–water partition coefficient (Wildman–Crippen LogP) is 1.54. The Labute approximate surface area is 80.7 Å². The molecule has 0 saturated carbocycles. The Morgan fingerprint density at radius 3 is 2.79 bits per heavy atom. The second-order valence-corrected chi connectivity index (χ2v) is 3.23. The number of primary amides is 1. The molecule has 1 amide bonds. The van der Waals surface area contributed by atoms with E-state index in [0.717, 1.165) is 16.6 Å². The molecule has 0 fully saturated rings. The van der Waals surface area contributed by atoms with Crippen LogP contribution in [0.25, 0.3) is 11.1 Å². The van der Waals surface area contributed by atoms with Crippen molar-refractivity contribution in [1.29, 1.82) is 0 Å². The van der Waals surface area contributed by atoms with Crippen molar-refractivity contribution in [2.45, 2.75) is 13.8 Å². The summed E-state index contributed by atoms with van der Waals surface area (Å²) in [6.07, 6.45) is 0. The van der Waals surface area contributed by atoms with E-state index in [0.29, 0.717) is 5.71 Å². The van der Waals surface area contributed by atoms with Crippen molar-refractivity contribution in [3.63, 3.8) is 0 Å². The summed E-state index contributed by atoms with van der Waals surface area (Å²) in [5.74, 6) is -0.365. The van der Waals surface area contributed by atoms with Gasteiger partial charge in [0.05, 0.1) is 0 Å². The maximum Gasteiger partial charge on any atom is 0.284 e. The van der Waals surface area contributed by atoms with Gasteiger partial charge in [-0.3, -0.25) is 4.79 Å². The molecule has 0 aliphatic rings. The standard InChI is InChI=1S/C10H10N2O2/c1-5-3-4-7-6(2)8(9(11)13)14-10(7)12-5/h3-4H,1-2H3,(H2,11,13). The van der Waals surface area contributed by atoms with Crippen molar-refractivity contribution in [3.05, 3.63) is 29.2 Å². The summed E-state index contributed by atoms with van der Waals surface area (Å²) < 4.78 is 5.26. The number of aryl methyl sites for hydroxylation is 2. The fourth-order valence-electron chi connectivity index (χ4n) is 1.43. The van der Waals surface area contributed by atoms with Crippen molar-refractivity contribution in [2.24, 2.45) is 5.73 Å². The third-order valence-corrected chi connectivity index (χ3v) is 2.17. The monoisotopic (exact) mass is 190 g/mol. The number of hydrogen-bond donors (Lipinski definition) is 1. The van der Waals surface area contributed by atoms with Gasteiger partial charge < -0.3 is 10.2 Å². The zero-order chi connectivity index (χ0) is 10.3. The van der Waals surface area contributed by atoms with E-state index in [4.69, 9.17) is 10.2 Å². The van der Waals surface area contributed by atoms with E-state index >= 15 is 0 Å². The van der Waals surface area contributed by atoms with Gasteiger partial charge in [-0.1, -0.05) is 0 Å². The van der Waals surface area contributed by atoms with E-state index in [1.54, 1.807) is 6.92 Å². The van der Waals surface area contributed by atoms with Gasteiger partial charge in [0.1, 0.15) is 0 Å². The summed E-state index contributed by atoms with van der Waals surface area (Å²) in [7, 11) is 0. The summed E-state index contributed by atoms with van der Waals surface area (Å²) in [4.78, 5) is 15.1. The summed E-state index contributed by atoms with van der Waals surface area (Å²) in [5, 5.41) is 0.837. The van der Waals surface area contributed by atoms with Crippen LogP contribution in [0.5, 0.6) is 0 Å². The van der Waals surface area contributed by atoms with Crippen LogP contribution in [-0.4, -0.2) is 10.9 Å². The lowest BCUT2D eigenvalue weighted by Crippen LogP contribution is -2.10. The van der Waals surface area contributed by atoms with Gasteiger partial charge in [-0.05, 0) is 26.0 Å². The maximum absolute atomic E-state index is 11.0. The lowest BCUT2D eigenvalue weighted by Gasteiger charge is -1.90. The van der Waals surface area contributed by atoms with Gasteiger partial charge in [-0.25, -0.2) is 4.98 Å². The molecule has 14 heavy (non-hydrogen) atoms. The summed E-state index contributed by atoms with van der Waals surface area (Å²) in [6.45, 7) is 3.66. The summed E-state index contributed by atoms with van der Waals surface area (Å²) in [6, 6.07) is 3.75. The molecule has 0 radical (unpaired) electrons. The highest BCUT2D eigenvalue weighted by molar-refractivity contribution is 5.97. The molecule has 2 N–H and O–H groups in total. The first-order valence-corrected chi connectivity index (χ1v) is 4.26. The van der Waals surface area contributed by atoms with E-state index in [-0.39, 0.29) is 5.76 Å². The SMILES string of the molecule is Cc1ccc2c(C)c(C(N)=O)oc2n1. The van der Waals surface area contributed by atoms with Crippen molar-refractivity contribution in [3.8, 4) is 0 Å². The molecule has 2 aromatic rings. The number of hydrogen-bond acceptors (Lipinski definition) is 3. The normalized spacial score (nSPS) is 10.7. The molecule has 0 spiro atoms. The predicted molar refractivity (Wildman–Crippen MR) is 52.0 cm³/mol. The molecule has 72 valence electrons. The second kappa shape index (κ2) is 2.83. The average Bonchev–Trinajstić information content (AvgIpc) is 2.43. The van der Waals surface area contributed by atoms with Gasteiger partial charge in [0, 0.05) is 16.6 Å². The third-order valence-electron chi connectivity index (χ3n) is 2.17. The Bertz CT molecular complexity index is 514. The molecule has 0 unspecified atom stereocenters. The van der Waals surface area contributed by atoms with Crippen LogP contribution >= 0.6 is 0 Å². The van der Waals surface area contributed by atoms with E-state index in [9.17, 15) is 4.79 Å². The average molecular weight is 190 g/mol. The zero-order valence-electron chi connectivity index (χ0n) is 8.00. The quantitative estimate of drug-likeness (QED) is 0.741. The fourth-order valence-corrected chi connectivity index (χ4v) is 1.43. The van der Waals surface area contributed by atoms with Gasteiger partial charge in [0.2, 0.25) is 5.71 Å². The lowest BCUT2D eigenvalue weighted by atomic mass is 10.2. The number of carbonyl (C=O) groups excluding carboxylic acids is 1. The molecule has 0 bridgehead atoms. The third kappa shape index (κ3) is 1.16. The minimum Gasteiger partial charge on any atom is -0.432 e. The van der Waals surface area contributed by atoms with Crippen molar-refractivity contribution >= 4 is 17.0 Å². The number of nitrogens with zero attached hydrogens (tertiary/aromatic N) is 1. The van der Waals surface area contributed by atoms with Crippen molar-refractivity contribution < 1.29 is 9.21 Å². The minimum absolute atomic E-state index is 0.193. The number of amides is 1. The molecule has 2 rings (SSSR count). The summed E-state index contributed by atoms with van der Waals surface area (Å²) >= 11 is 0. The highest BCUT2D eigenvalue weighted by atomic mass is 16.4. The van der Waals surface area contributed by atoms with Crippen molar-refractivity contribution in [2.75, 3.05) is 0 Å². The van der Waals surface area contributed by atoms with Crippen LogP contribution < -0.4 is 5.73 Å². The molecule has 2 heterocycles. The maximum atomic E-state index is 11.0. The molecular formula is C10H10N2O2. The zero-order valence-corrected chi connectivity index (χ0v) is 8.00. The Balaban J connectivity index is 2.79. The highest BCUT2D eigenvalue weighted by Gasteiger charge is 2.15. The molecule has 0 aliphatic carbocycles. The number of rotatable bonds is 1. The van der Waals surface area contributed by atoms with Crippen LogP contribution in [0.3, 0.4) is 0 Å². The Morgan fingerprint density at radius 2 is 2.14 bits per heavy atom. The second-order valence-electron chi connectivity index (χ2n) is 3.23. The molecule has 0 atom stereocenters. The minimum atomic E-state index is -0.557. The fraction of sp³-hybridized carbons (Fsp3) is 0.200. The van der Waals surface area contributed by atoms with Crippen LogP contribution in [0.4, 0.5) is 0 Å². The molecule has 0 saturated heterocycles. The largest absolute Gasteiger partial charge is 0.432 e. The van der Waals surface area contributed by atoms with E-state index < -0.39 is 5.91 Å². The Hall–Kier alpha value is -1.84. The first-order chi connectivity index (χ1) is 6.59. The molecule has 0 aliphatic heterocycles. The van der Waals surface area contributed by atoms with E-state index in [2.05, 4.69) is 4.98 Å². The van der Waals surface area contributed by atoms with E-state index in [1.807, 2.05) is 19.1 Å². The molecule has 0 aromatic carbocycles. The van der Waals surface area contributed by atoms with Crippen LogP contribution in [0.1, 0.15) is 21.8 Å². The van der Waals surface area contributed by atoms with E-state index in [1.165, 1.54) is 0 Å². The molecule has 2 aromatic heterocycles. The number of nitrogens with two attached hydrogens (primary N) is 1. The van der Waals surface area contributed by atoms with Crippen LogP contribution in [0.15, 0.2) is 16.5 Å². The number of carbonyl (C=O) groups is 1. The van der Waals surface area contributed by atoms with Crippen molar-refractivity contribution in [1.82, 2.24) is 4.98 Å². The number of aromatic nitrogens is 1. The van der Waals surface area contributed by atoms with Crippen LogP contribution in [0, 0.1) is 13.8 Å². The van der Waals surface area contributed by atoms with Crippen LogP contribution in [-0.2, 0) is 0 Å². The van der Waals surface area contributed by atoms with Crippen LogP contribution in [0.2, 0.25) is 0 Å². The van der Waals surface area contributed by atoms with Gasteiger partial charge >= 0.3 is 0 Å². The number of pyridine rings is 1. The molecule has 4 nitrogen and oxygen atoms in total. The number of furan rings is 1. The van der Waals surface area contributed by atoms with Gasteiger partial charge in [-0.15, -0.1) is 0 Å². The molecule has 4 heteroatoms. The van der Waals surface area contributed by atoms with Gasteiger partial charge in [-0.2, -0.15) is 0 Å². The van der Waals surface area contributed by atoms with Gasteiger partial charge in [0.15, 0.2) is 5.76 Å². The first-order valence-electron chi connectivity index (χ1n) is 4.26. The molecular weight excluding hydrogens is 180 g/mol.